The molecule has 3 aromatic carbocycles. The van der Waals surface area contributed by atoms with Gasteiger partial charge in [0.05, 0.1) is 0 Å². The molecule has 0 spiro atoms. The molecule has 3 heteroatoms. The molecule has 0 aliphatic carbocycles. The second-order valence-corrected chi connectivity index (χ2v) is 5.47. The highest BCUT2D eigenvalue weighted by atomic mass is 16.5. The zero-order valence-corrected chi connectivity index (χ0v) is 13.2. The molecule has 120 valence electrons. The van der Waals surface area contributed by atoms with Gasteiger partial charge in [-0.25, -0.2) is 0 Å². The molecule has 1 N–H and O–H groups in total. The quantitative estimate of drug-likeness (QED) is 0.540. The zero-order valence-electron chi connectivity index (χ0n) is 13.2. The number of hydrogen-bond donors (Lipinski definition) is 1. The van der Waals surface area contributed by atoms with Crippen LogP contribution < -0.4 is 4.74 Å². The second kappa shape index (κ2) is 7.47. The van der Waals surface area contributed by atoms with E-state index >= 15 is 0 Å². The minimum Gasteiger partial charge on any atom is -0.504 e. The lowest BCUT2D eigenvalue weighted by Crippen LogP contribution is -1.97. The Bertz CT molecular complexity index is 867. The first-order valence-corrected chi connectivity index (χ1v) is 7.80. The molecular formula is C21H18O3. The number of benzene rings is 3. The van der Waals surface area contributed by atoms with Gasteiger partial charge in [-0.2, -0.15) is 0 Å². The summed E-state index contributed by atoms with van der Waals surface area (Å²) in [4.78, 5) is 10.5. The first-order valence-electron chi connectivity index (χ1n) is 7.80. The molecule has 0 amide bonds. The fraction of sp³-hybridized carbons (Fsp3) is 0.0952. The first-order chi connectivity index (χ1) is 11.8. The van der Waals surface area contributed by atoms with Gasteiger partial charge in [-0.15, -0.1) is 0 Å². The maximum absolute atomic E-state index is 10.5. The molecule has 0 fully saturated rings. The number of carbonyl (C=O) groups is 1. The van der Waals surface area contributed by atoms with Gasteiger partial charge in [0.2, 0.25) is 0 Å². The van der Waals surface area contributed by atoms with Gasteiger partial charge < -0.3 is 9.84 Å². The molecule has 0 aliphatic rings. The molecule has 0 bridgehead atoms. The van der Waals surface area contributed by atoms with E-state index in [0.29, 0.717) is 18.8 Å². The first kappa shape index (κ1) is 15.8. The smallest absolute Gasteiger partial charge is 0.165 e. The van der Waals surface area contributed by atoms with E-state index in [1.807, 2.05) is 60.7 Å². The van der Waals surface area contributed by atoms with E-state index in [9.17, 15) is 9.90 Å². The average Bonchev–Trinajstić information content (AvgIpc) is 2.64. The molecule has 3 rings (SSSR count). The SMILES string of the molecule is O=C/C=C/Cc1cc(OCc2ccccc2)c(O)c2ccccc12. The van der Waals surface area contributed by atoms with Crippen LogP contribution in [0.4, 0.5) is 0 Å². The van der Waals surface area contributed by atoms with E-state index < -0.39 is 0 Å². The Morgan fingerprint density at radius 2 is 1.67 bits per heavy atom. The molecule has 3 nitrogen and oxygen atoms in total. The Morgan fingerprint density at radius 1 is 0.958 bits per heavy atom. The minimum absolute atomic E-state index is 0.143. The van der Waals surface area contributed by atoms with Gasteiger partial charge in [-0.05, 0) is 35.1 Å². The molecule has 0 unspecified atom stereocenters. The van der Waals surface area contributed by atoms with Crippen LogP contribution in [0.1, 0.15) is 11.1 Å². The predicted octanol–water partition coefficient (Wildman–Crippen LogP) is 4.42. The lowest BCUT2D eigenvalue weighted by Gasteiger charge is -2.13. The third kappa shape index (κ3) is 3.46. The molecule has 3 aromatic rings. The van der Waals surface area contributed by atoms with Crippen molar-refractivity contribution < 1.29 is 14.6 Å². The number of phenols is 1. The molecule has 0 heterocycles. The lowest BCUT2D eigenvalue weighted by atomic mass is 10.0. The maximum Gasteiger partial charge on any atom is 0.165 e. The molecular weight excluding hydrogens is 300 g/mol. The Hall–Kier alpha value is -3.07. The normalized spacial score (nSPS) is 11.0. The predicted molar refractivity (Wildman–Crippen MR) is 95.3 cm³/mol. The van der Waals surface area contributed by atoms with Gasteiger partial charge in [0.1, 0.15) is 12.9 Å². The van der Waals surface area contributed by atoms with Crippen molar-refractivity contribution in [3.8, 4) is 11.5 Å². The Labute approximate surface area is 140 Å². The highest BCUT2D eigenvalue weighted by Crippen LogP contribution is 2.37. The molecule has 0 aliphatic heterocycles. The summed E-state index contributed by atoms with van der Waals surface area (Å²) in [6.45, 7) is 0.385. The minimum atomic E-state index is 0.143. The summed E-state index contributed by atoms with van der Waals surface area (Å²) in [5.41, 5.74) is 2.04. The van der Waals surface area contributed by atoms with Gasteiger partial charge >= 0.3 is 0 Å². The van der Waals surface area contributed by atoms with Gasteiger partial charge in [-0.1, -0.05) is 60.7 Å². The molecule has 0 radical (unpaired) electrons. The van der Waals surface area contributed by atoms with Crippen molar-refractivity contribution in [2.24, 2.45) is 0 Å². The number of hydrogen-bond acceptors (Lipinski definition) is 3. The van der Waals surface area contributed by atoms with E-state index in [4.69, 9.17) is 4.74 Å². The Kier molecular flexibility index (Phi) is 4.92. The van der Waals surface area contributed by atoms with Crippen LogP contribution in [0.25, 0.3) is 10.8 Å². The van der Waals surface area contributed by atoms with Crippen LogP contribution in [-0.4, -0.2) is 11.4 Å². The van der Waals surface area contributed by atoms with E-state index in [-0.39, 0.29) is 5.75 Å². The van der Waals surface area contributed by atoms with Crippen molar-refractivity contribution in [2.45, 2.75) is 13.0 Å². The molecule has 24 heavy (non-hydrogen) atoms. The van der Waals surface area contributed by atoms with Crippen molar-refractivity contribution in [2.75, 3.05) is 0 Å². The van der Waals surface area contributed by atoms with Crippen LogP contribution in [-0.2, 0) is 17.8 Å². The number of allylic oxidation sites excluding steroid dienone is 2. The van der Waals surface area contributed by atoms with Gasteiger partial charge in [-0.3, -0.25) is 4.79 Å². The van der Waals surface area contributed by atoms with Gasteiger partial charge in [0.25, 0.3) is 0 Å². The van der Waals surface area contributed by atoms with Crippen LogP contribution in [0, 0.1) is 0 Å². The summed E-state index contributed by atoms with van der Waals surface area (Å²) in [6, 6.07) is 19.3. The standard InChI is InChI=1S/C21H18O3/c22-13-7-6-10-17-14-20(24-15-16-8-2-1-3-9-16)21(23)19-12-5-4-11-18(17)19/h1-9,11-14,23H,10,15H2/b7-6+. The van der Waals surface area contributed by atoms with Crippen molar-refractivity contribution in [1.29, 1.82) is 0 Å². The fourth-order valence-electron chi connectivity index (χ4n) is 2.67. The lowest BCUT2D eigenvalue weighted by molar-refractivity contribution is -0.104. The number of fused-ring (bicyclic) bond motifs is 1. The van der Waals surface area contributed by atoms with Crippen molar-refractivity contribution >= 4 is 17.1 Å². The fourth-order valence-corrected chi connectivity index (χ4v) is 2.67. The van der Waals surface area contributed by atoms with Crippen LogP contribution in [0.3, 0.4) is 0 Å². The van der Waals surface area contributed by atoms with E-state index in [0.717, 1.165) is 28.2 Å². The molecule has 0 saturated heterocycles. The highest BCUT2D eigenvalue weighted by Gasteiger charge is 2.12. The summed E-state index contributed by atoms with van der Waals surface area (Å²) in [6.07, 6.45) is 4.63. The summed E-state index contributed by atoms with van der Waals surface area (Å²) >= 11 is 0. The van der Waals surface area contributed by atoms with Crippen LogP contribution in [0.15, 0.2) is 72.8 Å². The number of rotatable bonds is 6. The number of carbonyl (C=O) groups excluding carboxylic acids is 1. The van der Waals surface area contributed by atoms with Gasteiger partial charge in [0, 0.05) is 5.39 Å². The number of aldehydes is 1. The monoisotopic (exact) mass is 318 g/mol. The topological polar surface area (TPSA) is 46.5 Å². The van der Waals surface area contributed by atoms with Crippen LogP contribution in [0.5, 0.6) is 11.5 Å². The molecule has 0 aromatic heterocycles. The highest BCUT2D eigenvalue weighted by molar-refractivity contribution is 5.93. The van der Waals surface area contributed by atoms with Crippen molar-refractivity contribution in [3.05, 3.63) is 83.9 Å². The third-order valence-corrected chi connectivity index (χ3v) is 3.86. The zero-order chi connectivity index (χ0) is 16.8. The molecule has 0 atom stereocenters. The summed E-state index contributed by atoms with van der Waals surface area (Å²) < 4.78 is 5.83. The van der Waals surface area contributed by atoms with Crippen LogP contribution >= 0.6 is 0 Å². The van der Waals surface area contributed by atoms with Crippen LogP contribution in [0.2, 0.25) is 0 Å². The molecule has 0 saturated carbocycles. The summed E-state index contributed by atoms with van der Waals surface area (Å²) in [5.74, 6) is 0.594. The van der Waals surface area contributed by atoms with Crippen molar-refractivity contribution in [1.82, 2.24) is 0 Å². The number of ether oxygens (including phenoxy) is 1. The van der Waals surface area contributed by atoms with E-state index in [1.54, 1.807) is 6.08 Å². The van der Waals surface area contributed by atoms with Gasteiger partial charge in [0.15, 0.2) is 11.5 Å². The maximum atomic E-state index is 10.5. The van der Waals surface area contributed by atoms with Crippen molar-refractivity contribution in [3.63, 3.8) is 0 Å². The summed E-state index contributed by atoms with van der Waals surface area (Å²) in [7, 11) is 0. The second-order valence-electron chi connectivity index (χ2n) is 5.47. The number of aromatic hydroxyl groups is 1. The van der Waals surface area contributed by atoms with E-state index in [1.165, 1.54) is 6.08 Å². The average molecular weight is 318 g/mol. The Morgan fingerprint density at radius 3 is 2.42 bits per heavy atom. The largest absolute Gasteiger partial charge is 0.504 e. The number of phenolic OH excluding ortho intramolecular Hbond substituents is 1. The Balaban J connectivity index is 1.96. The third-order valence-electron chi connectivity index (χ3n) is 3.86. The summed E-state index contributed by atoms with van der Waals surface area (Å²) in [5, 5.41) is 12.2. The van der Waals surface area contributed by atoms with E-state index in [2.05, 4.69) is 0 Å².